The molecule has 3 aromatic rings. The monoisotopic (exact) mass is 347 g/mol. The average Bonchev–Trinajstić information content (AvgIpc) is 2.96. The molecule has 0 saturated carbocycles. The summed E-state index contributed by atoms with van der Waals surface area (Å²) in [6, 6.07) is 12.3. The average molecular weight is 348 g/mol. The fraction of sp³-hybridized carbons (Fsp3) is 0.176. The number of rotatable bonds is 6. The van der Waals surface area contributed by atoms with Crippen LogP contribution in [0.15, 0.2) is 48.7 Å². The molecule has 0 unspecified atom stereocenters. The Morgan fingerprint density at radius 1 is 1.17 bits per heavy atom. The molecule has 2 aromatic carbocycles. The van der Waals surface area contributed by atoms with E-state index in [1.807, 2.05) is 24.4 Å². The highest BCUT2D eigenvalue weighted by molar-refractivity contribution is 5.85. The first-order valence-corrected chi connectivity index (χ1v) is 7.34. The number of nitrogens with zero attached hydrogens (tertiary/aromatic N) is 1. The Morgan fingerprint density at radius 2 is 1.96 bits per heavy atom. The third-order valence-corrected chi connectivity index (χ3v) is 3.74. The lowest BCUT2D eigenvalue weighted by Crippen LogP contribution is -2.02. The Bertz CT molecular complexity index is 848. The number of aromatic nitrogens is 1. The highest BCUT2D eigenvalue weighted by atomic mass is 35.5. The van der Waals surface area contributed by atoms with Gasteiger partial charge in [0.05, 0.1) is 10.5 Å². The summed E-state index contributed by atoms with van der Waals surface area (Å²) in [5.41, 5.74) is 8.40. The summed E-state index contributed by atoms with van der Waals surface area (Å²) in [6.45, 7) is 0.730. The standard InChI is InChI=1S/C17H17N3O3.ClH/c18-8-7-12-10-19-16-6-5-14(9-15(12)16)23-11-13-3-1-2-4-17(13)20(21)22;/h1-6,9-10,19H,7-8,11,18H2;1H. The summed E-state index contributed by atoms with van der Waals surface area (Å²) in [5.74, 6) is 0.675. The predicted octanol–water partition coefficient (Wildman–Crippen LogP) is 3.58. The fourth-order valence-electron chi connectivity index (χ4n) is 2.58. The minimum Gasteiger partial charge on any atom is -0.489 e. The minimum absolute atomic E-state index is 0. The second-order valence-corrected chi connectivity index (χ2v) is 5.23. The number of para-hydroxylation sites is 1. The second kappa shape index (κ2) is 7.81. The Balaban J connectivity index is 0.00000208. The molecule has 7 heteroatoms. The van der Waals surface area contributed by atoms with Gasteiger partial charge >= 0.3 is 0 Å². The number of hydrogen-bond donors (Lipinski definition) is 2. The van der Waals surface area contributed by atoms with E-state index in [4.69, 9.17) is 10.5 Å². The molecule has 0 saturated heterocycles. The van der Waals surface area contributed by atoms with E-state index in [2.05, 4.69) is 4.98 Å². The number of nitrogens with two attached hydrogens (primary N) is 1. The molecule has 24 heavy (non-hydrogen) atoms. The number of aromatic amines is 1. The number of hydrogen-bond acceptors (Lipinski definition) is 4. The van der Waals surface area contributed by atoms with Gasteiger partial charge in [-0.05, 0) is 42.8 Å². The molecule has 6 nitrogen and oxygen atoms in total. The molecule has 1 aromatic heterocycles. The lowest BCUT2D eigenvalue weighted by Gasteiger charge is -2.07. The van der Waals surface area contributed by atoms with Gasteiger partial charge in [-0.1, -0.05) is 12.1 Å². The van der Waals surface area contributed by atoms with Crippen molar-refractivity contribution in [1.29, 1.82) is 0 Å². The van der Waals surface area contributed by atoms with Gasteiger partial charge in [0.1, 0.15) is 12.4 Å². The molecule has 0 spiro atoms. The van der Waals surface area contributed by atoms with Gasteiger partial charge < -0.3 is 15.5 Å². The lowest BCUT2D eigenvalue weighted by molar-refractivity contribution is -0.385. The Labute approximate surface area is 145 Å². The molecule has 1 heterocycles. The summed E-state index contributed by atoms with van der Waals surface area (Å²) in [7, 11) is 0. The smallest absolute Gasteiger partial charge is 0.276 e. The molecular weight excluding hydrogens is 330 g/mol. The summed E-state index contributed by atoms with van der Waals surface area (Å²) < 4.78 is 5.74. The molecule has 126 valence electrons. The van der Waals surface area contributed by atoms with Gasteiger partial charge in [-0.15, -0.1) is 12.4 Å². The summed E-state index contributed by atoms with van der Waals surface area (Å²) >= 11 is 0. The molecule has 0 aliphatic rings. The normalized spacial score (nSPS) is 10.4. The fourth-order valence-corrected chi connectivity index (χ4v) is 2.58. The van der Waals surface area contributed by atoms with E-state index < -0.39 is 4.92 Å². The number of ether oxygens (including phenoxy) is 1. The first kappa shape index (κ1) is 17.8. The van der Waals surface area contributed by atoms with Crippen LogP contribution in [0.4, 0.5) is 5.69 Å². The van der Waals surface area contributed by atoms with Crippen LogP contribution in [-0.2, 0) is 13.0 Å². The number of fused-ring (bicyclic) bond motifs is 1. The third kappa shape index (κ3) is 3.67. The molecule has 0 aliphatic carbocycles. The number of halogens is 1. The van der Waals surface area contributed by atoms with E-state index in [-0.39, 0.29) is 24.7 Å². The molecule has 0 radical (unpaired) electrons. The molecule has 3 rings (SSSR count). The van der Waals surface area contributed by atoms with Gasteiger partial charge in [-0.3, -0.25) is 10.1 Å². The number of nitrogens with one attached hydrogen (secondary N) is 1. The highest BCUT2D eigenvalue weighted by Gasteiger charge is 2.13. The second-order valence-electron chi connectivity index (χ2n) is 5.23. The van der Waals surface area contributed by atoms with Crippen LogP contribution in [-0.4, -0.2) is 16.5 Å². The molecule has 0 amide bonds. The van der Waals surface area contributed by atoms with Gasteiger partial charge in [0.25, 0.3) is 5.69 Å². The van der Waals surface area contributed by atoms with Crippen LogP contribution in [0.3, 0.4) is 0 Å². The molecule has 0 atom stereocenters. The van der Waals surface area contributed by atoms with Crippen LogP contribution in [0.2, 0.25) is 0 Å². The SMILES string of the molecule is Cl.NCCc1c[nH]c2ccc(OCc3ccccc3[N+](=O)[O-])cc12. The van der Waals surface area contributed by atoms with Crippen molar-refractivity contribution in [2.24, 2.45) is 5.73 Å². The number of benzene rings is 2. The molecule has 0 aliphatic heterocycles. The minimum atomic E-state index is -0.395. The van der Waals surface area contributed by atoms with Crippen molar-refractivity contribution in [3.05, 3.63) is 69.9 Å². The largest absolute Gasteiger partial charge is 0.489 e. The lowest BCUT2D eigenvalue weighted by atomic mass is 10.1. The van der Waals surface area contributed by atoms with E-state index >= 15 is 0 Å². The van der Waals surface area contributed by atoms with Crippen LogP contribution in [0.1, 0.15) is 11.1 Å². The number of nitro groups is 1. The van der Waals surface area contributed by atoms with Crippen LogP contribution in [0.5, 0.6) is 5.75 Å². The molecule has 0 fully saturated rings. The maximum Gasteiger partial charge on any atom is 0.276 e. The highest BCUT2D eigenvalue weighted by Crippen LogP contribution is 2.26. The third-order valence-electron chi connectivity index (χ3n) is 3.74. The molecular formula is C17H18ClN3O3. The summed E-state index contributed by atoms with van der Waals surface area (Å²) in [5, 5.41) is 12.1. The quantitative estimate of drug-likeness (QED) is 0.526. The summed E-state index contributed by atoms with van der Waals surface area (Å²) in [6.07, 6.45) is 2.73. The van der Waals surface area contributed by atoms with Crippen molar-refractivity contribution in [3.63, 3.8) is 0 Å². The van der Waals surface area contributed by atoms with Crippen molar-refractivity contribution < 1.29 is 9.66 Å². The van der Waals surface area contributed by atoms with Gasteiger partial charge in [0.15, 0.2) is 0 Å². The maximum atomic E-state index is 11.0. The zero-order valence-corrected chi connectivity index (χ0v) is 13.7. The van der Waals surface area contributed by atoms with Gasteiger partial charge in [0, 0.05) is 23.2 Å². The first-order chi connectivity index (χ1) is 11.2. The van der Waals surface area contributed by atoms with Crippen molar-refractivity contribution in [2.75, 3.05) is 6.54 Å². The van der Waals surface area contributed by atoms with Crippen molar-refractivity contribution >= 4 is 29.0 Å². The van der Waals surface area contributed by atoms with Crippen molar-refractivity contribution in [1.82, 2.24) is 4.98 Å². The van der Waals surface area contributed by atoms with Crippen molar-refractivity contribution in [3.8, 4) is 5.75 Å². The van der Waals surface area contributed by atoms with E-state index in [0.29, 0.717) is 17.9 Å². The van der Waals surface area contributed by atoms with Gasteiger partial charge in [-0.25, -0.2) is 0 Å². The maximum absolute atomic E-state index is 11.0. The number of H-pyrrole nitrogens is 1. The van der Waals surface area contributed by atoms with Crippen LogP contribution in [0.25, 0.3) is 10.9 Å². The zero-order chi connectivity index (χ0) is 16.2. The Hall–Kier alpha value is -2.57. The van der Waals surface area contributed by atoms with E-state index in [0.717, 1.165) is 22.9 Å². The van der Waals surface area contributed by atoms with E-state index in [9.17, 15) is 10.1 Å². The molecule has 3 N–H and O–H groups in total. The van der Waals surface area contributed by atoms with E-state index in [1.54, 1.807) is 18.2 Å². The summed E-state index contributed by atoms with van der Waals surface area (Å²) in [4.78, 5) is 13.8. The van der Waals surface area contributed by atoms with Crippen LogP contribution in [0, 0.1) is 10.1 Å². The first-order valence-electron chi connectivity index (χ1n) is 7.34. The topological polar surface area (TPSA) is 94.2 Å². The zero-order valence-electron chi connectivity index (χ0n) is 12.9. The van der Waals surface area contributed by atoms with Gasteiger partial charge in [-0.2, -0.15) is 0 Å². The predicted molar refractivity (Wildman–Crippen MR) is 95.7 cm³/mol. The van der Waals surface area contributed by atoms with Crippen molar-refractivity contribution in [2.45, 2.75) is 13.0 Å². The Morgan fingerprint density at radius 3 is 2.71 bits per heavy atom. The van der Waals surface area contributed by atoms with E-state index in [1.165, 1.54) is 6.07 Å². The van der Waals surface area contributed by atoms with Crippen LogP contribution < -0.4 is 10.5 Å². The van der Waals surface area contributed by atoms with Gasteiger partial charge in [0.2, 0.25) is 0 Å². The van der Waals surface area contributed by atoms with Crippen LogP contribution >= 0.6 is 12.4 Å². The Kier molecular flexibility index (Phi) is 5.78. The molecule has 0 bridgehead atoms. The number of nitro benzene ring substituents is 1.